The van der Waals surface area contributed by atoms with Crippen LogP contribution in [0.2, 0.25) is 0 Å². The van der Waals surface area contributed by atoms with Gasteiger partial charge < -0.3 is 28.8 Å². The normalized spacial score (nSPS) is 14.1. The van der Waals surface area contributed by atoms with E-state index in [0.29, 0.717) is 23.9 Å². The third-order valence-electron chi connectivity index (χ3n) is 12.1. The van der Waals surface area contributed by atoms with Crippen LogP contribution in [-0.2, 0) is 18.4 Å². The van der Waals surface area contributed by atoms with E-state index in [1.807, 2.05) is 21.1 Å². The predicted octanol–water partition coefficient (Wildman–Crippen LogP) is 14.3. The zero-order chi connectivity index (χ0) is 43.6. The molecule has 0 aromatic heterocycles. The largest absolute Gasteiger partial charge is 0.756 e. The maximum Gasteiger partial charge on any atom is 0.268 e. The van der Waals surface area contributed by atoms with Crippen molar-refractivity contribution in [1.82, 2.24) is 5.32 Å². The van der Waals surface area contributed by atoms with Crippen molar-refractivity contribution in [2.45, 2.75) is 276 Å². The lowest BCUT2D eigenvalue weighted by Crippen LogP contribution is -2.46. The molecule has 0 radical (unpaired) electrons. The third-order valence-corrected chi connectivity index (χ3v) is 13.1. The van der Waals surface area contributed by atoms with Crippen LogP contribution in [0.15, 0.2) is 0 Å². The summed E-state index contributed by atoms with van der Waals surface area (Å²) < 4.78 is 23.4. The van der Waals surface area contributed by atoms with Gasteiger partial charge in [0.1, 0.15) is 13.2 Å². The fourth-order valence-corrected chi connectivity index (χ4v) is 8.71. The summed E-state index contributed by atoms with van der Waals surface area (Å²) in [6, 6.07) is -0.794. The number of rotatable bonds is 48. The summed E-state index contributed by atoms with van der Waals surface area (Å²) in [4.78, 5) is 25.4. The summed E-state index contributed by atoms with van der Waals surface area (Å²) >= 11 is 0. The Balaban J connectivity index is 4.22. The van der Waals surface area contributed by atoms with Crippen molar-refractivity contribution < 1.29 is 32.9 Å². The lowest BCUT2D eigenvalue weighted by molar-refractivity contribution is -0.870. The lowest BCUT2D eigenvalue weighted by atomic mass is 10.0. The molecule has 0 rings (SSSR count). The van der Waals surface area contributed by atoms with Gasteiger partial charge in [-0.05, 0) is 12.8 Å². The monoisotopic (exact) mass is 859 g/mol. The lowest BCUT2D eigenvalue weighted by Gasteiger charge is -2.30. The first-order valence-corrected chi connectivity index (χ1v) is 27.3. The number of quaternary nitrogens is 1. The number of nitrogens with one attached hydrogen (secondary N) is 1. The molecule has 3 unspecified atom stereocenters. The average Bonchev–Trinajstić information content (AvgIpc) is 3.19. The number of carbonyl (C=O) groups excluding carboxylic acids is 1. The molecule has 0 aliphatic rings. The van der Waals surface area contributed by atoms with E-state index in [2.05, 4.69) is 19.2 Å². The number of unbranched alkanes of at least 4 members (excludes halogenated alkanes) is 35. The Labute approximate surface area is 368 Å². The molecule has 0 fully saturated rings. The molecule has 0 spiro atoms. The quantitative estimate of drug-likeness (QED) is 0.0358. The number of phosphoric acid groups is 1. The number of hydrogen-bond acceptors (Lipinski definition) is 6. The van der Waals surface area contributed by atoms with E-state index in [0.717, 1.165) is 38.5 Å². The van der Waals surface area contributed by atoms with E-state index in [9.17, 15) is 19.4 Å². The minimum absolute atomic E-state index is 0.0164. The molecule has 354 valence electrons. The zero-order valence-electron chi connectivity index (χ0n) is 40.2. The van der Waals surface area contributed by atoms with Crippen molar-refractivity contribution >= 4 is 13.7 Å². The Kier molecular flexibility index (Phi) is 42.4. The maximum absolute atomic E-state index is 12.9. The van der Waals surface area contributed by atoms with E-state index >= 15 is 0 Å². The van der Waals surface area contributed by atoms with Crippen LogP contribution in [-0.4, -0.2) is 68.5 Å². The van der Waals surface area contributed by atoms with Gasteiger partial charge in [-0.3, -0.25) is 9.36 Å². The molecule has 59 heavy (non-hydrogen) atoms. The highest BCUT2D eigenvalue weighted by Crippen LogP contribution is 2.38. The van der Waals surface area contributed by atoms with Crippen molar-refractivity contribution in [3.8, 4) is 0 Å². The summed E-state index contributed by atoms with van der Waals surface area (Å²) in [6.45, 7) is 4.76. The first kappa shape index (κ1) is 58.5. The highest BCUT2D eigenvalue weighted by Gasteiger charge is 2.24. The molecule has 8 nitrogen and oxygen atoms in total. The number of aliphatic hydroxyl groups is 1. The van der Waals surface area contributed by atoms with Crippen LogP contribution in [0.25, 0.3) is 0 Å². The minimum atomic E-state index is -4.56. The van der Waals surface area contributed by atoms with Gasteiger partial charge in [-0.25, -0.2) is 0 Å². The molecule has 0 aromatic carbocycles. The molecule has 9 heteroatoms. The number of carbonyl (C=O) groups is 1. The van der Waals surface area contributed by atoms with Gasteiger partial charge in [0, 0.05) is 6.42 Å². The van der Waals surface area contributed by atoms with Crippen LogP contribution in [0.3, 0.4) is 0 Å². The topological polar surface area (TPSA) is 108 Å². The van der Waals surface area contributed by atoms with Crippen molar-refractivity contribution in [1.29, 1.82) is 0 Å². The van der Waals surface area contributed by atoms with Gasteiger partial charge in [0.15, 0.2) is 0 Å². The summed E-state index contributed by atoms with van der Waals surface area (Å²) in [5.41, 5.74) is 0. The highest BCUT2D eigenvalue weighted by molar-refractivity contribution is 7.45. The molecule has 0 heterocycles. The number of likely N-dealkylation sites (N-methyl/N-ethyl adjacent to an activating group) is 1. The number of aliphatic hydroxyl groups excluding tert-OH is 1. The molecule has 0 aliphatic carbocycles. The molecule has 0 saturated carbocycles. The first-order valence-electron chi connectivity index (χ1n) is 25.9. The van der Waals surface area contributed by atoms with Gasteiger partial charge in [-0.1, -0.05) is 245 Å². The van der Waals surface area contributed by atoms with Crippen molar-refractivity contribution in [2.24, 2.45) is 0 Å². The molecule has 3 atom stereocenters. The minimum Gasteiger partial charge on any atom is -0.756 e. The van der Waals surface area contributed by atoms with E-state index < -0.39 is 20.0 Å². The van der Waals surface area contributed by atoms with E-state index in [1.54, 1.807) is 0 Å². The summed E-state index contributed by atoms with van der Waals surface area (Å²) in [7, 11) is 1.32. The second-order valence-electron chi connectivity index (χ2n) is 19.2. The van der Waals surface area contributed by atoms with Crippen molar-refractivity contribution in [3.63, 3.8) is 0 Å². The zero-order valence-corrected chi connectivity index (χ0v) is 41.1. The van der Waals surface area contributed by atoms with Crippen LogP contribution >= 0.6 is 7.82 Å². The van der Waals surface area contributed by atoms with E-state index in [-0.39, 0.29) is 19.1 Å². The van der Waals surface area contributed by atoms with Crippen LogP contribution in [0.4, 0.5) is 0 Å². The van der Waals surface area contributed by atoms with Crippen LogP contribution in [0.1, 0.15) is 264 Å². The van der Waals surface area contributed by atoms with Gasteiger partial charge in [0.05, 0.1) is 39.9 Å². The molecular formula is C50H103N2O6P. The molecule has 2 N–H and O–H groups in total. The standard InChI is InChI=1S/C50H103N2O6P/c1-6-8-10-12-14-16-18-20-22-24-25-26-28-29-31-33-35-37-39-41-43-49(53)48(47-58-59(55,56)57-46-45-52(3,4)5)51-50(54)44-42-40-38-36-34-32-30-27-23-21-19-17-15-13-11-9-7-2/h48-49,53H,6-47H2,1-5H3,(H-,51,54,55,56). The molecule has 0 bridgehead atoms. The molecule has 1 amide bonds. The molecular weight excluding hydrogens is 756 g/mol. The molecule has 0 aliphatic heterocycles. The highest BCUT2D eigenvalue weighted by atomic mass is 31.2. The van der Waals surface area contributed by atoms with E-state index in [4.69, 9.17) is 9.05 Å². The fourth-order valence-electron chi connectivity index (χ4n) is 7.98. The van der Waals surface area contributed by atoms with Crippen LogP contribution < -0.4 is 10.2 Å². The van der Waals surface area contributed by atoms with Gasteiger partial charge >= 0.3 is 0 Å². The molecule has 0 aromatic rings. The Morgan fingerprint density at radius 3 is 1.15 bits per heavy atom. The van der Waals surface area contributed by atoms with Crippen LogP contribution in [0.5, 0.6) is 0 Å². The summed E-state index contributed by atoms with van der Waals surface area (Å²) in [6.07, 6.45) is 48.2. The van der Waals surface area contributed by atoms with Crippen LogP contribution in [0, 0.1) is 0 Å². The smallest absolute Gasteiger partial charge is 0.268 e. The van der Waals surface area contributed by atoms with Crippen molar-refractivity contribution in [3.05, 3.63) is 0 Å². The second-order valence-corrected chi connectivity index (χ2v) is 20.7. The Bertz CT molecular complexity index is 932. The maximum atomic E-state index is 12.9. The van der Waals surface area contributed by atoms with Crippen molar-refractivity contribution in [2.75, 3.05) is 40.9 Å². The Morgan fingerprint density at radius 1 is 0.525 bits per heavy atom. The number of hydrogen-bond donors (Lipinski definition) is 2. The van der Waals surface area contributed by atoms with Gasteiger partial charge in [-0.2, -0.15) is 0 Å². The van der Waals surface area contributed by atoms with Gasteiger partial charge in [0.2, 0.25) is 5.91 Å². The average molecular weight is 859 g/mol. The Hall–Kier alpha value is -0.500. The SMILES string of the molecule is CCCCCCCCCCCCCCCCCCCCCCC(O)C(COP(=O)([O-])OCC[N+](C)(C)C)NC(=O)CCCCCCCCCCCCCCCCCCC. The first-order chi connectivity index (χ1) is 28.5. The summed E-state index contributed by atoms with van der Waals surface area (Å²) in [5, 5.41) is 14.0. The molecule has 0 saturated heterocycles. The number of nitrogens with zero attached hydrogens (tertiary/aromatic N) is 1. The van der Waals surface area contributed by atoms with E-state index in [1.165, 1.54) is 199 Å². The van der Waals surface area contributed by atoms with Gasteiger partial charge in [-0.15, -0.1) is 0 Å². The fraction of sp³-hybridized carbons (Fsp3) is 0.980. The summed E-state index contributed by atoms with van der Waals surface area (Å²) in [5.74, 6) is -0.159. The Morgan fingerprint density at radius 2 is 0.831 bits per heavy atom. The third kappa shape index (κ3) is 45.3. The van der Waals surface area contributed by atoms with Gasteiger partial charge in [0.25, 0.3) is 7.82 Å². The predicted molar refractivity (Wildman–Crippen MR) is 252 cm³/mol. The second kappa shape index (κ2) is 42.8. The number of phosphoric ester groups is 1. The number of amides is 1.